The Morgan fingerprint density at radius 3 is 1.00 bits per heavy atom. The number of hydrogen-bond donors (Lipinski definition) is 0. The third kappa shape index (κ3) is 11.3. The first-order valence-electron chi connectivity index (χ1n) is 6.88. The van der Waals surface area contributed by atoms with Gasteiger partial charge in [0.15, 0.2) is 5.78 Å². The van der Waals surface area contributed by atoms with E-state index in [9.17, 15) is 4.79 Å². The molecule has 1 heterocycles. The van der Waals surface area contributed by atoms with Crippen LogP contribution in [0.15, 0.2) is 0 Å². The predicted octanol–water partition coefficient (Wildman–Crippen LogP) is -0.331. The lowest BCUT2D eigenvalue weighted by Crippen LogP contribution is -2.19. The maximum Gasteiger partial charge on any atom is 0.183 e. The Bertz CT molecular complexity index is 213. The van der Waals surface area contributed by atoms with Crippen molar-refractivity contribution in [3.8, 4) is 0 Å². The molecule has 1 saturated heterocycles. The second kappa shape index (κ2) is 13.4. The molecule has 7 nitrogen and oxygen atoms in total. The second-order valence-electron chi connectivity index (χ2n) is 4.09. The van der Waals surface area contributed by atoms with Crippen LogP contribution in [0, 0.1) is 0 Å². The molecular formula is C13H24O7. The molecule has 0 unspecified atom stereocenters. The topological polar surface area (TPSA) is 72.5 Å². The van der Waals surface area contributed by atoms with Gasteiger partial charge in [0.2, 0.25) is 0 Å². The highest BCUT2D eigenvalue weighted by atomic mass is 16.6. The third-order valence-corrected chi connectivity index (χ3v) is 2.39. The Hall–Kier alpha value is -0.570. The van der Waals surface area contributed by atoms with Crippen LogP contribution in [0.5, 0.6) is 0 Å². The zero-order chi connectivity index (χ0) is 14.3. The molecule has 0 amide bonds. The van der Waals surface area contributed by atoms with Gasteiger partial charge in [0.05, 0.1) is 66.1 Å². The molecule has 0 aromatic carbocycles. The number of ether oxygens (including phenoxy) is 6. The first-order chi connectivity index (χ1) is 9.89. The van der Waals surface area contributed by atoms with Gasteiger partial charge in [-0.3, -0.25) is 4.79 Å². The maximum atomic E-state index is 11.4. The van der Waals surface area contributed by atoms with Gasteiger partial charge in [-0.2, -0.15) is 0 Å². The molecule has 0 aliphatic carbocycles. The van der Waals surface area contributed by atoms with E-state index in [2.05, 4.69) is 0 Å². The van der Waals surface area contributed by atoms with E-state index in [-0.39, 0.29) is 19.0 Å². The molecule has 7 heteroatoms. The zero-order valence-corrected chi connectivity index (χ0v) is 11.8. The number of Topliss-reactive ketones (excluding diaryl/α,β-unsaturated/α-hetero) is 1. The van der Waals surface area contributed by atoms with Gasteiger partial charge >= 0.3 is 0 Å². The van der Waals surface area contributed by atoms with Gasteiger partial charge in [0.25, 0.3) is 0 Å². The summed E-state index contributed by atoms with van der Waals surface area (Å²) >= 11 is 0. The Labute approximate surface area is 119 Å². The first kappa shape index (κ1) is 17.5. The maximum absolute atomic E-state index is 11.4. The number of hydrogen-bond acceptors (Lipinski definition) is 7. The third-order valence-electron chi connectivity index (χ3n) is 2.39. The number of ketones is 1. The lowest BCUT2D eigenvalue weighted by molar-refractivity contribution is -0.129. The van der Waals surface area contributed by atoms with E-state index >= 15 is 0 Å². The molecule has 0 atom stereocenters. The molecule has 1 aliphatic heterocycles. The summed E-state index contributed by atoms with van der Waals surface area (Å²) in [5.74, 6) is -0.0883. The van der Waals surface area contributed by atoms with Crippen LogP contribution in [-0.2, 0) is 33.2 Å². The van der Waals surface area contributed by atoms with E-state index in [0.717, 1.165) is 0 Å². The smallest absolute Gasteiger partial charge is 0.183 e. The van der Waals surface area contributed by atoms with E-state index < -0.39 is 0 Å². The van der Waals surface area contributed by atoms with Gasteiger partial charge in [-0.25, -0.2) is 0 Å². The molecule has 0 saturated carbocycles. The van der Waals surface area contributed by atoms with E-state index in [1.807, 2.05) is 0 Å². The van der Waals surface area contributed by atoms with Crippen molar-refractivity contribution >= 4 is 5.78 Å². The summed E-state index contributed by atoms with van der Waals surface area (Å²) < 4.78 is 31.5. The first-order valence-corrected chi connectivity index (χ1v) is 6.88. The predicted molar refractivity (Wildman–Crippen MR) is 69.9 cm³/mol. The monoisotopic (exact) mass is 292 g/mol. The highest BCUT2D eigenvalue weighted by Gasteiger charge is 2.02. The summed E-state index contributed by atoms with van der Waals surface area (Å²) in [4.78, 5) is 11.4. The van der Waals surface area contributed by atoms with Crippen LogP contribution in [0.2, 0.25) is 0 Å². The molecule has 1 rings (SSSR count). The average molecular weight is 292 g/mol. The molecule has 0 N–H and O–H groups in total. The summed E-state index contributed by atoms with van der Waals surface area (Å²) in [6, 6.07) is 0. The van der Waals surface area contributed by atoms with Crippen LogP contribution in [0.4, 0.5) is 0 Å². The van der Waals surface area contributed by atoms with Crippen LogP contribution in [-0.4, -0.2) is 85.1 Å². The Morgan fingerprint density at radius 2 is 0.700 bits per heavy atom. The van der Waals surface area contributed by atoms with Crippen molar-refractivity contribution < 1.29 is 33.2 Å². The fraction of sp³-hybridized carbons (Fsp3) is 0.923. The van der Waals surface area contributed by atoms with Crippen LogP contribution in [0.3, 0.4) is 0 Å². The Kier molecular flexibility index (Phi) is 11.7. The minimum absolute atomic E-state index is 0.0502. The van der Waals surface area contributed by atoms with Crippen molar-refractivity contribution in [2.24, 2.45) is 0 Å². The molecule has 1 fully saturated rings. The molecular weight excluding hydrogens is 268 g/mol. The normalized spacial score (nSPS) is 23.5. The fourth-order valence-corrected chi connectivity index (χ4v) is 1.41. The van der Waals surface area contributed by atoms with Gasteiger partial charge < -0.3 is 28.4 Å². The van der Waals surface area contributed by atoms with E-state index in [0.29, 0.717) is 66.1 Å². The summed E-state index contributed by atoms with van der Waals surface area (Å²) in [7, 11) is 0. The summed E-state index contributed by atoms with van der Waals surface area (Å²) in [5.41, 5.74) is 0. The fourth-order valence-electron chi connectivity index (χ4n) is 1.41. The minimum Gasteiger partial charge on any atom is -0.377 e. The number of carbonyl (C=O) groups excluding carboxylic acids is 1. The van der Waals surface area contributed by atoms with Gasteiger partial charge in [-0.1, -0.05) is 0 Å². The van der Waals surface area contributed by atoms with Gasteiger partial charge in [-0.15, -0.1) is 0 Å². The lowest BCUT2D eigenvalue weighted by Gasteiger charge is -2.07. The largest absolute Gasteiger partial charge is 0.377 e. The van der Waals surface area contributed by atoms with Crippen LogP contribution in [0.1, 0.15) is 0 Å². The van der Waals surface area contributed by atoms with E-state index in [1.54, 1.807) is 0 Å². The van der Waals surface area contributed by atoms with Crippen LogP contribution >= 0.6 is 0 Å². The zero-order valence-electron chi connectivity index (χ0n) is 11.8. The number of carbonyl (C=O) groups is 1. The quantitative estimate of drug-likeness (QED) is 0.605. The average Bonchev–Trinajstić information content (AvgIpc) is 2.45. The second-order valence-corrected chi connectivity index (χ2v) is 4.09. The summed E-state index contributed by atoms with van der Waals surface area (Å²) in [6.07, 6.45) is 0. The lowest BCUT2D eigenvalue weighted by atomic mass is 10.4. The van der Waals surface area contributed by atoms with Crippen LogP contribution in [0.25, 0.3) is 0 Å². The highest BCUT2D eigenvalue weighted by Crippen LogP contribution is 1.87. The Balaban J connectivity index is 2.10. The molecule has 0 radical (unpaired) electrons. The van der Waals surface area contributed by atoms with Crippen LogP contribution < -0.4 is 0 Å². The molecule has 0 bridgehead atoms. The standard InChI is InChI=1S/C13H24O7/c14-13-11-19-9-7-17-5-3-15-1-2-16-4-6-18-8-10-20-12-13/h1-12H2. The SMILES string of the molecule is O=C1COCCOCCOCCOCCOCCOC1. The van der Waals surface area contributed by atoms with Gasteiger partial charge in [0, 0.05) is 0 Å². The van der Waals surface area contributed by atoms with E-state index in [1.165, 1.54) is 0 Å². The molecule has 0 aromatic rings. The van der Waals surface area contributed by atoms with Crippen molar-refractivity contribution in [2.75, 3.05) is 79.3 Å². The van der Waals surface area contributed by atoms with E-state index in [4.69, 9.17) is 28.4 Å². The van der Waals surface area contributed by atoms with Crippen molar-refractivity contribution in [1.29, 1.82) is 0 Å². The highest BCUT2D eigenvalue weighted by molar-refractivity contribution is 5.80. The van der Waals surface area contributed by atoms with Gasteiger partial charge in [0.1, 0.15) is 13.2 Å². The molecule has 1 aliphatic rings. The van der Waals surface area contributed by atoms with Crippen molar-refractivity contribution in [2.45, 2.75) is 0 Å². The molecule has 0 aromatic heterocycles. The van der Waals surface area contributed by atoms with Gasteiger partial charge in [-0.05, 0) is 0 Å². The number of rotatable bonds is 0. The molecule has 0 spiro atoms. The van der Waals surface area contributed by atoms with Crippen molar-refractivity contribution in [1.82, 2.24) is 0 Å². The Morgan fingerprint density at radius 1 is 0.450 bits per heavy atom. The summed E-state index contributed by atoms with van der Waals surface area (Å²) in [6.45, 7) is 4.89. The van der Waals surface area contributed by atoms with Crippen molar-refractivity contribution in [3.63, 3.8) is 0 Å². The molecule has 118 valence electrons. The minimum atomic E-state index is -0.0883. The summed E-state index contributed by atoms with van der Waals surface area (Å²) in [5, 5.41) is 0. The molecule has 20 heavy (non-hydrogen) atoms. The van der Waals surface area contributed by atoms with Crippen molar-refractivity contribution in [3.05, 3.63) is 0 Å².